The number of aryl methyl sites for hydroxylation is 2. The molecule has 32 heavy (non-hydrogen) atoms. The van der Waals surface area contributed by atoms with Gasteiger partial charge in [0.15, 0.2) is 0 Å². The number of benzene rings is 2. The Kier molecular flexibility index (Phi) is 7.83. The summed E-state index contributed by atoms with van der Waals surface area (Å²) in [5.74, 6) is -2.19. The van der Waals surface area contributed by atoms with Crippen molar-refractivity contribution in [2.75, 3.05) is 6.61 Å². The van der Waals surface area contributed by atoms with E-state index in [2.05, 4.69) is 5.32 Å². The number of carbonyl (C=O) groups is 2. The summed E-state index contributed by atoms with van der Waals surface area (Å²) < 4.78 is 38.9. The fourth-order valence-electron chi connectivity index (χ4n) is 3.38. The van der Waals surface area contributed by atoms with Crippen LogP contribution in [-0.4, -0.2) is 29.4 Å². The molecule has 0 saturated carbocycles. The van der Waals surface area contributed by atoms with Crippen molar-refractivity contribution in [2.45, 2.75) is 59.6 Å². The van der Waals surface area contributed by atoms with E-state index >= 15 is 4.39 Å². The first kappa shape index (κ1) is 25.1. The van der Waals surface area contributed by atoms with Gasteiger partial charge < -0.3 is 19.9 Å². The molecule has 8 heteroatoms. The second-order valence-electron chi connectivity index (χ2n) is 8.51. The highest BCUT2D eigenvalue weighted by molar-refractivity contribution is 5.78. The number of hydrogen-bond donors (Lipinski definition) is 2. The fraction of sp³-hybridized carbons (Fsp3) is 0.417. The van der Waals surface area contributed by atoms with Crippen LogP contribution in [0.15, 0.2) is 24.3 Å². The molecule has 2 aromatic carbocycles. The number of esters is 1. The first-order chi connectivity index (χ1) is 14.8. The number of hydrogen-bond acceptors (Lipinski definition) is 5. The fourth-order valence-corrected chi connectivity index (χ4v) is 3.38. The van der Waals surface area contributed by atoms with Crippen LogP contribution in [0.1, 0.15) is 56.8 Å². The number of alkyl carbamates (subject to hydrolysis) is 1. The van der Waals surface area contributed by atoms with Gasteiger partial charge in [0, 0.05) is 17.2 Å². The van der Waals surface area contributed by atoms with Crippen molar-refractivity contribution in [3.05, 3.63) is 52.6 Å². The molecule has 0 aliphatic heterocycles. The van der Waals surface area contributed by atoms with Crippen molar-refractivity contribution in [1.29, 1.82) is 0 Å². The number of amides is 1. The Morgan fingerprint density at radius 3 is 2.31 bits per heavy atom. The molecular weight excluding hydrogens is 420 g/mol. The number of ether oxygens (including phenoxy) is 2. The third-order valence-corrected chi connectivity index (χ3v) is 4.63. The summed E-state index contributed by atoms with van der Waals surface area (Å²) in [6.07, 6.45) is -1.16. The third kappa shape index (κ3) is 6.42. The zero-order valence-corrected chi connectivity index (χ0v) is 19.1. The molecule has 0 radical (unpaired) electrons. The third-order valence-electron chi connectivity index (χ3n) is 4.63. The predicted octanol–water partition coefficient (Wildman–Crippen LogP) is 5.47. The van der Waals surface area contributed by atoms with Crippen LogP contribution in [0.4, 0.5) is 13.6 Å². The molecule has 0 aromatic heterocycles. The van der Waals surface area contributed by atoms with Gasteiger partial charge in [0.25, 0.3) is 0 Å². The summed E-state index contributed by atoms with van der Waals surface area (Å²) in [6, 6.07) is 3.81. The first-order valence-corrected chi connectivity index (χ1v) is 10.3. The van der Waals surface area contributed by atoms with Gasteiger partial charge >= 0.3 is 12.1 Å². The lowest BCUT2D eigenvalue weighted by atomic mass is 9.91. The van der Waals surface area contributed by atoms with E-state index in [0.717, 1.165) is 6.07 Å². The lowest BCUT2D eigenvalue weighted by molar-refractivity contribution is -0.143. The summed E-state index contributed by atoms with van der Waals surface area (Å²) in [6.45, 7) is 10.1. The molecule has 0 aliphatic carbocycles. The molecule has 2 N–H and O–H groups in total. The van der Waals surface area contributed by atoms with Crippen LogP contribution < -0.4 is 5.32 Å². The van der Waals surface area contributed by atoms with E-state index in [9.17, 15) is 19.1 Å². The Hall–Kier alpha value is -3.16. The summed E-state index contributed by atoms with van der Waals surface area (Å²) >= 11 is 0. The Balaban J connectivity index is 2.56. The molecular formula is C24H29F2NO5. The molecule has 0 aliphatic rings. The SMILES string of the molecule is CCOC(=O)C[C@H](NC(=O)OC(C)(C)C)c1cc(-c2c(C)cc(F)cc2O)c(C)cc1F. The maximum Gasteiger partial charge on any atom is 0.408 e. The molecule has 174 valence electrons. The molecule has 1 amide bonds. The van der Waals surface area contributed by atoms with Crippen molar-refractivity contribution in [1.82, 2.24) is 5.32 Å². The molecule has 2 aromatic rings. The van der Waals surface area contributed by atoms with Gasteiger partial charge in [0.1, 0.15) is 23.0 Å². The van der Waals surface area contributed by atoms with Crippen LogP contribution in [0.5, 0.6) is 5.75 Å². The summed E-state index contributed by atoms with van der Waals surface area (Å²) in [7, 11) is 0. The van der Waals surface area contributed by atoms with Gasteiger partial charge in [-0.3, -0.25) is 4.79 Å². The highest BCUT2D eigenvalue weighted by atomic mass is 19.1. The Morgan fingerprint density at radius 1 is 1.09 bits per heavy atom. The van der Waals surface area contributed by atoms with E-state index in [0.29, 0.717) is 22.3 Å². The summed E-state index contributed by atoms with van der Waals surface area (Å²) in [4.78, 5) is 24.5. The van der Waals surface area contributed by atoms with Crippen molar-refractivity contribution < 1.29 is 33.0 Å². The van der Waals surface area contributed by atoms with E-state index in [1.165, 1.54) is 18.2 Å². The average Bonchev–Trinajstić information content (AvgIpc) is 2.60. The van der Waals surface area contributed by atoms with Crippen LogP contribution in [0.2, 0.25) is 0 Å². The van der Waals surface area contributed by atoms with Gasteiger partial charge in [-0.15, -0.1) is 0 Å². The van der Waals surface area contributed by atoms with Gasteiger partial charge in [-0.25, -0.2) is 13.6 Å². The number of carbonyl (C=O) groups excluding carboxylic acids is 2. The monoisotopic (exact) mass is 449 g/mol. The summed E-state index contributed by atoms with van der Waals surface area (Å²) in [5.41, 5.74) is 0.918. The number of halogens is 2. The Bertz CT molecular complexity index is 991. The zero-order valence-electron chi connectivity index (χ0n) is 19.1. The molecule has 0 bridgehead atoms. The van der Waals surface area contributed by atoms with E-state index in [1.807, 2.05) is 0 Å². The largest absolute Gasteiger partial charge is 0.507 e. The van der Waals surface area contributed by atoms with E-state index in [1.54, 1.807) is 41.5 Å². The molecule has 0 saturated heterocycles. The number of nitrogens with one attached hydrogen (secondary N) is 1. The molecule has 0 fully saturated rings. The van der Waals surface area contributed by atoms with Gasteiger partial charge in [0.2, 0.25) is 0 Å². The second-order valence-corrected chi connectivity index (χ2v) is 8.51. The lowest BCUT2D eigenvalue weighted by Gasteiger charge is -2.24. The van der Waals surface area contributed by atoms with Crippen molar-refractivity contribution >= 4 is 12.1 Å². The smallest absolute Gasteiger partial charge is 0.408 e. The minimum absolute atomic E-state index is 0.00707. The number of rotatable bonds is 6. The van der Waals surface area contributed by atoms with E-state index < -0.39 is 35.3 Å². The highest BCUT2D eigenvalue weighted by Gasteiger charge is 2.27. The normalized spacial score (nSPS) is 12.2. The first-order valence-electron chi connectivity index (χ1n) is 10.3. The summed E-state index contributed by atoms with van der Waals surface area (Å²) in [5, 5.41) is 12.9. The predicted molar refractivity (Wildman–Crippen MR) is 116 cm³/mol. The van der Waals surface area contributed by atoms with Crippen LogP contribution in [0.25, 0.3) is 11.1 Å². The van der Waals surface area contributed by atoms with Crippen molar-refractivity contribution in [3.8, 4) is 16.9 Å². The topological polar surface area (TPSA) is 84.9 Å². The molecule has 6 nitrogen and oxygen atoms in total. The Labute approximate surface area is 186 Å². The zero-order chi connectivity index (χ0) is 24.2. The van der Waals surface area contributed by atoms with Crippen LogP contribution in [0, 0.1) is 25.5 Å². The van der Waals surface area contributed by atoms with Crippen LogP contribution in [-0.2, 0) is 14.3 Å². The minimum Gasteiger partial charge on any atom is -0.507 e. The second kappa shape index (κ2) is 9.97. The van der Waals surface area contributed by atoms with Gasteiger partial charge in [-0.05, 0) is 76.4 Å². The average molecular weight is 449 g/mol. The highest BCUT2D eigenvalue weighted by Crippen LogP contribution is 2.38. The van der Waals surface area contributed by atoms with Crippen molar-refractivity contribution in [3.63, 3.8) is 0 Å². The van der Waals surface area contributed by atoms with Gasteiger partial charge in [0.05, 0.1) is 19.1 Å². The van der Waals surface area contributed by atoms with Crippen LogP contribution in [0.3, 0.4) is 0 Å². The number of aromatic hydroxyl groups is 1. The quantitative estimate of drug-likeness (QED) is 0.571. The molecule has 0 spiro atoms. The van der Waals surface area contributed by atoms with Crippen LogP contribution >= 0.6 is 0 Å². The number of phenolic OH excluding ortho intramolecular Hbond substituents is 1. The molecule has 1 atom stereocenters. The molecule has 0 heterocycles. The van der Waals surface area contributed by atoms with E-state index in [4.69, 9.17) is 9.47 Å². The maximum absolute atomic E-state index is 15.0. The van der Waals surface area contributed by atoms with E-state index in [-0.39, 0.29) is 24.3 Å². The molecule has 2 rings (SSSR count). The van der Waals surface area contributed by atoms with Crippen molar-refractivity contribution in [2.24, 2.45) is 0 Å². The minimum atomic E-state index is -1.09. The standard InChI is InChI=1S/C24H29F2NO5/c1-7-31-21(29)12-19(27-23(30)32-24(4,5)6)17-11-16(13(2)9-18(17)26)22-14(3)8-15(25)10-20(22)28/h8-11,19,28H,7,12H2,1-6H3,(H,27,30)/t19-/m0/s1. The molecule has 0 unspecified atom stereocenters. The maximum atomic E-state index is 15.0. The lowest BCUT2D eigenvalue weighted by Crippen LogP contribution is -2.36. The Morgan fingerprint density at radius 2 is 1.75 bits per heavy atom. The number of phenols is 1. The van der Waals surface area contributed by atoms with Gasteiger partial charge in [-0.1, -0.05) is 0 Å². The van der Waals surface area contributed by atoms with Gasteiger partial charge in [-0.2, -0.15) is 0 Å².